The molecule has 2 aromatic rings. The van der Waals surface area contributed by atoms with Crippen molar-refractivity contribution in [3.63, 3.8) is 0 Å². The summed E-state index contributed by atoms with van der Waals surface area (Å²) in [5, 5.41) is 2.82. The van der Waals surface area contributed by atoms with E-state index >= 15 is 0 Å². The van der Waals surface area contributed by atoms with Crippen LogP contribution in [0.1, 0.15) is 18.9 Å². The maximum Gasteiger partial charge on any atom is 0.222 e. The van der Waals surface area contributed by atoms with E-state index < -0.39 is 0 Å². The normalized spacial score (nSPS) is 10.8. The fraction of sp³-hybridized carbons (Fsp3) is 0.368. The predicted octanol–water partition coefficient (Wildman–Crippen LogP) is 3.10. The second-order valence-electron chi connectivity index (χ2n) is 5.56. The quantitative estimate of drug-likeness (QED) is 0.599. The molecule has 3 N–H and O–H groups in total. The van der Waals surface area contributed by atoms with Gasteiger partial charge in [-0.05, 0) is 24.6 Å². The van der Waals surface area contributed by atoms with Crippen molar-refractivity contribution in [2.75, 3.05) is 20.3 Å². The number of carbonyl (C=O) groups is 1. The van der Waals surface area contributed by atoms with E-state index in [1.807, 2.05) is 37.3 Å². The van der Waals surface area contributed by atoms with Crippen LogP contribution in [0, 0.1) is 0 Å². The molecule has 0 fully saturated rings. The number of rotatable bonds is 10. The largest absolute Gasteiger partial charge is 0.490 e. The number of ether oxygens (including phenoxy) is 3. The number of hydrogen-bond acceptors (Lipinski definition) is 6. The average Bonchev–Trinajstić information content (AvgIpc) is 2.67. The number of amides is 1. The van der Waals surface area contributed by atoms with Gasteiger partial charge in [0, 0.05) is 32.5 Å². The first-order valence-electron chi connectivity index (χ1n) is 8.50. The van der Waals surface area contributed by atoms with Crippen LogP contribution in [0.5, 0.6) is 17.4 Å². The first-order chi connectivity index (χ1) is 12.7. The lowest BCUT2D eigenvalue weighted by molar-refractivity contribution is -0.123. The standard InChI is InChI=1S/C19H25N3O4.2ClH/c1-3-25-16-6-4-5-7-17(16)26-19-9-8-14(13-22-19)12-21-18(23)10-15(11-20)24-2;;/h4-9,13,15H,3,10-12,20H2,1-2H3,(H,21,23);2*1H. The number of carbonyl (C=O) groups excluding carboxylic acids is 1. The second kappa shape index (κ2) is 14.0. The highest BCUT2D eigenvalue weighted by atomic mass is 35.5. The van der Waals surface area contributed by atoms with Gasteiger partial charge in [0.25, 0.3) is 0 Å². The van der Waals surface area contributed by atoms with Gasteiger partial charge in [0.15, 0.2) is 11.5 Å². The van der Waals surface area contributed by atoms with Gasteiger partial charge < -0.3 is 25.3 Å². The molecule has 0 saturated heterocycles. The van der Waals surface area contributed by atoms with Crippen molar-refractivity contribution in [2.24, 2.45) is 5.73 Å². The molecular formula is C19H27Cl2N3O4. The third kappa shape index (κ3) is 8.31. The third-order valence-electron chi connectivity index (χ3n) is 3.66. The molecule has 2 rings (SSSR count). The number of nitrogens with two attached hydrogens (primary N) is 1. The Morgan fingerprint density at radius 1 is 1.18 bits per heavy atom. The van der Waals surface area contributed by atoms with Crippen LogP contribution in [0.4, 0.5) is 0 Å². The minimum absolute atomic E-state index is 0. The SMILES string of the molecule is CCOc1ccccc1Oc1ccc(CNC(=O)CC(CN)OC)cn1.Cl.Cl. The van der Waals surface area contributed by atoms with E-state index in [4.69, 9.17) is 19.9 Å². The number of hydrogen-bond donors (Lipinski definition) is 2. The molecule has 1 heterocycles. The highest BCUT2D eigenvalue weighted by molar-refractivity contribution is 5.85. The van der Waals surface area contributed by atoms with E-state index in [2.05, 4.69) is 10.3 Å². The van der Waals surface area contributed by atoms with Crippen molar-refractivity contribution in [1.29, 1.82) is 0 Å². The van der Waals surface area contributed by atoms with Gasteiger partial charge in [-0.15, -0.1) is 24.8 Å². The highest BCUT2D eigenvalue weighted by Gasteiger charge is 2.11. The molecule has 7 nitrogen and oxygen atoms in total. The number of nitrogens with zero attached hydrogens (tertiary/aromatic N) is 1. The van der Waals surface area contributed by atoms with E-state index in [0.29, 0.717) is 37.1 Å². The van der Waals surface area contributed by atoms with Gasteiger partial charge in [0.05, 0.1) is 19.1 Å². The van der Waals surface area contributed by atoms with Crippen LogP contribution in [0.2, 0.25) is 0 Å². The second-order valence-corrected chi connectivity index (χ2v) is 5.56. The number of halogens is 2. The van der Waals surface area contributed by atoms with Gasteiger partial charge in [-0.3, -0.25) is 4.79 Å². The maximum atomic E-state index is 11.8. The number of nitrogens with one attached hydrogen (secondary N) is 1. The lowest BCUT2D eigenvalue weighted by atomic mass is 10.2. The summed E-state index contributed by atoms with van der Waals surface area (Å²) >= 11 is 0. The zero-order valence-electron chi connectivity index (χ0n) is 15.9. The molecule has 156 valence electrons. The van der Waals surface area contributed by atoms with Crippen molar-refractivity contribution < 1.29 is 19.0 Å². The average molecular weight is 432 g/mol. The van der Waals surface area contributed by atoms with Crippen molar-refractivity contribution >= 4 is 30.7 Å². The van der Waals surface area contributed by atoms with Gasteiger partial charge in [0.2, 0.25) is 11.8 Å². The minimum atomic E-state index is -0.269. The molecule has 1 aromatic heterocycles. The molecule has 1 amide bonds. The molecule has 0 radical (unpaired) electrons. The maximum absolute atomic E-state index is 11.8. The summed E-state index contributed by atoms with van der Waals surface area (Å²) in [4.78, 5) is 16.1. The molecule has 1 aromatic carbocycles. The number of aromatic nitrogens is 1. The zero-order chi connectivity index (χ0) is 18.8. The first-order valence-corrected chi connectivity index (χ1v) is 8.50. The molecule has 0 aliphatic rings. The summed E-state index contributed by atoms with van der Waals surface area (Å²) in [6, 6.07) is 11.0. The molecule has 1 unspecified atom stereocenters. The molecule has 9 heteroatoms. The Bertz CT molecular complexity index is 698. The van der Waals surface area contributed by atoms with Crippen LogP contribution in [0.15, 0.2) is 42.6 Å². The van der Waals surface area contributed by atoms with Gasteiger partial charge >= 0.3 is 0 Å². The Morgan fingerprint density at radius 3 is 2.46 bits per heavy atom. The zero-order valence-corrected chi connectivity index (χ0v) is 17.6. The number of methoxy groups -OCH3 is 1. The Hall–Kier alpha value is -2.06. The number of benzene rings is 1. The monoisotopic (exact) mass is 431 g/mol. The Labute approximate surface area is 177 Å². The van der Waals surface area contributed by atoms with Gasteiger partial charge in [-0.2, -0.15) is 0 Å². The Kier molecular flexibility index (Phi) is 13.0. The first kappa shape index (κ1) is 25.9. The summed E-state index contributed by atoms with van der Waals surface area (Å²) in [5.74, 6) is 1.61. The Balaban J connectivity index is 0.00000364. The third-order valence-corrected chi connectivity index (χ3v) is 3.66. The van der Waals surface area contributed by atoms with Gasteiger partial charge in [0.1, 0.15) is 0 Å². The molecule has 0 aliphatic heterocycles. The van der Waals surface area contributed by atoms with Crippen molar-refractivity contribution in [1.82, 2.24) is 10.3 Å². The summed E-state index contributed by atoms with van der Waals surface area (Å²) in [6.07, 6.45) is 1.63. The minimum Gasteiger partial charge on any atom is -0.490 e. The smallest absolute Gasteiger partial charge is 0.222 e. The topological polar surface area (TPSA) is 95.7 Å². The molecule has 0 saturated carbocycles. The van der Waals surface area contributed by atoms with Gasteiger partial charge in [-0.25, -0.2) is 4.98 Å². The highest BCUT2D eigenvalue weighted by Crippen LogP contribution is 2.30. The predicted molar refractivity (Wildman–Crippen MR) is 113 cm³/mol. The van der Waals surface area contributed by atoms with E-state index in [1.54, 1.807) is 12.3 Å². The fourth-order valence-corrected chi connectivity index (χ4v) is 2.24. The van der Waals surface area contributed by atoms with Crippen molar-refractivity contribution in [3.8, 4) is 17.4 Å². The fourth-order valence-electron chi connectivity index (χ4n) is 2.24. The molecule has 28 heavy (non-hydrogen) atoms. The molecule has 0 bridgehead atoms. The molecule has 0 aliphatic carbocycles. The van der Waals surface area contributed by atoms with E-state index in [-0.39, 0.29) is 43.2 Å². The molecular weight excluding hydrogens is 405 g/mol. The van der Waals surface area contributed by atoms with E-state index in [1.165, 1.54) is 7.11 Å². The van der Waals surface area contributed by atoms with Crippen LogP contribution in [0.25, 0.3) is 0 Å². The lowest BCUT2D eigenvalue weighted by Gasteiger charge is -2.13. The van der Waals surface area contributed by atoms with Crippen molar-refractivity contribution in [2.45, 2.75) is 26.0 Å². The van der Waals surface area contributed by atoms with Crippen LogP contribution in [0.3, 0.4) is 0 Å². The summed E-state index contributed by atoms with van der Waals surface area (Å²) in [7, 11) is 1.54. The van der Waals surface area contributed by atoms with E-state index in [9.17, 15) is 4.79 Å². The summed E-state index contributed by atoms with van der Waals surface area (Å²) in [6.45, 7) is 3.16. The lowest BCUT2D eigenvalue weighted by Crippen LogP contribution is -2.31. The van der Waals surface area contributed by atoms with Crippen LogP contribution in [-0.2, 0) is 16.1 Å². The van der Waals surface area contributed by atoms with Crippen LogP contribution in [-0.4, -0.2) is 37.3 Å². The Morgan fingerprint density at radius 2 is 1.89 bits per heavy atom. The van der Waals surface area contributed by atoms with Crippen LogP contribution >= 0.6 is 24.8 Å². The van der Waals surface area contributed by atoms with Crippen LogP contribution < -0.4 is 20.5 Å². The van der Waals surface area contributed by atoms with E-state index in [0.717, 1.165) is 5.56 Å². The van der Waals surface area contributed by atoms with Crippen molar-refractivity contribution in [3.05, 3.63) is 48.2 Å². The number of para-hydroxylation sites is 2. The summed E-state index contributed by atoms with van der Waals surface area (Å²) < 4.78 is 16.4. The van der Waals surface area contributed by atoms with Gasteiger partial charge in [-0.1, -0.05) is 18.2 Å². The molecule has 1 atom stereocenters. The number of pyridine rings is 1. The molecule has 0 spiro atoms. The summed E-state index contributed by atoms with van der Waals surface area (Å²) in [5.41, 5.74) is 6.38.